The van der Waals surface area contributed by atoms with Crippen LogP contribution >= 0.6 is 0 Å². The van der Waals surface area contributed by atoms with E-state index in [2.05, 4.69) is 64.7 Å². The molecule has 1 aliphatic heterocycles. The Kier molecular flexibility index (Phi) is 5.66. The highest BCUT2D eigenvalue weighted by Crippen LogP contribution is 2.23. The van der Waals surface area contributed by atoms with Gasteiger partial charge in [-0.25, -0.2) is 9.97 Å². The molecule has 1 fully saturated rings. The average Bonchev–Trinajstić information content (AvgIpc) is 2.46. The lowest BCUT2D eigenvalue weighted by atomic mass is 10.2. The standard InChI is InChI=1S/C17H29N5Si/c1-14(2)12-21-7-9-22(10-8-21)17-16(18)15(19-13-20-17)6-11-23(3,4)5/h13-14H,7-10,12,18H2,1-5H3. The predicted octanol–water partition coefficient (Wildman–Crippen LogP) is 2.07. The molecule has 6 heteroatoms. The van der Waals surface area contributed by atoms with E-state index in [9.17, 15) is 0 Å². The molecule has 0 radical (unpaired) electrons. The summed E-state index contributed by atoms with van der Waals surface area (Å²) in [5, 5.41) is 0. The smallest absolute Gasteiger partial charge is 0.156 e. The highest BCUT2D eigenvalue weighted by Gasteiger charge is 2.21. The molecule has 2 rings (SSSR count). The minimum atomic E-state index is -1.44. The van der Waals surface area contributed by atoms with Gasteiger partial charge < -0.3 is 10.6 Å². The Morgan fingerprint density at radius 2 is 1.83 bits per heavy atom. The zero-order valence-corrected chi connectivity index (χ0v) is 16.1. The Bertz CT molecular complexity index is 589. The van der Waals surface area contributed by atoms with E-state index in [1.165, 1.54) is 0 Å². The largest absolute Gasteiger partial charge is 0.393 e. The van der Waals surface area contributed by atoms with Crippen molar-refractivity contribution in [1.82, 2.24) is 14.9 Å². The molecule has 0 spiro atoms. The van der Waals surface area contributed by atoms with E-state index >= 15 is 0 Å². The molecule has 0 aromatic carbocycles. The van der Waals surface area contributed by atoms with Crippen LogP contribution in [0.4, 0.5) is 11.5 Å². The number of nitrogens with two attached hydrogens (primary N) is 1. The van der Waals surface area contributed by atoms with Gasteiger partial charge in [-0.15, -0.1) is 5.54 Å². The first-order valence-electron chi connectivity index (χ1n) is 8.37. The molecular weight excluding hydrogens is 302 g/mol. The van der Waals surface area contributed by atoms with Crippen LogP contribution in [0.1, 0.15) is 19.5 Å². The van der Waals surface area contributed by atoms with Crippen molar-refractivity contribution >= 4 is 19.6 Å². The summed E-state index contributed by atoms with van der Waals surface area (Å²) in [6.45, 7) is 16.3. The third-order valence-corrected chi connectivity index (χ3v) is 4.59. The summed E-state index contributed by atoms with van der Waals surface area (Å²) < 4.78 is 0. The third kappa shape index (κ3) is 5.22. The molecule has 0 unspecified atom stereocenters. The summed E-state index contributed by atoms with van der Waals surface area (Å²) in [6.07, 6.45) is 1.58. The summed E-state index contributed by atoms with van der Waals surface area (Å²) in [5.41, 5.74) is 10.9. The lowest BCUT2D eigenvalue weighted by Gasteiger charge is -2.36. The molecule has 1 aliphatic rings. The molecule has 0 saturated carbocycles. The minimum absolute atomic E-state index is 0.621. The van der Waals surface area contributed by atoms with Gasteiger partial charge in [-0.1, -0.05) is 39.4 Å². The molecule has 1 aromatic rings. The van der Waals surface area contributed by atoms with Crippen molar-refractivity contribution in [2.24, 2.45) is 5.92 Å². The number of hydrogen-bond donors (Lipinski definition) is 1. The number of nitrogen functional groups attached to an aromatic ring is 1. The summed E-state index contributed by atoms with van der Waals surface area (Å²) in [5.74, 6) is 4.71. The van der Waals surface area contributed by atoms with Gasteiger partial charge in [0.2, 0.25) is 0 Å². The first-order chi connectivity index (χ1) is 10.8. The molecule has 5 nitrogen and oxygen atoms in total. The van der Waals surface area contributed by atoms with E-state index in [1.54, 1.807) is 6.33 Å². The molecule has 126 valence electrons. The molecule has 0 atom stereocenters. The van der Waals surface area contributed by atoms with Crippen LogP contribution < -0.4 is 10.6 Å². The maximum atomic E-state index is 6.29. The summed E-state index contributed by atoms with van der Waals surface area (Å²) in [4.78, 5) is 13.4. The first kappa shape index (κ1) is 17.8. The summed E-state index contributed by atoms with van der Waals surface area (Å²) >= 11 is 0. The van der Waals surface area contributed by atoms with E-state index < -0.39 is 8.07 Å². The van der Waals surface area contributed by atoms with Crippen molar-refractivity contribution in [3.05, 3.63) is 12.0 Å². The molecule has 0 amide bonds. The van der Waals surface area contributed by atoms with Gasteiger partial charge >= 0.3 is 0 Å². The van der Waals surface area contributed by atoms with Crippen molar-refractivity contribution in [3.8, 4) is 11.5 Å². The average molecular weight is 332 g/mol. The second-order valence-corrected chi connectivity index (χ2v) is 12.4. The van der Waals surface area contributed by atoms with Crippen molar-refractivity contribution in [2.45, 2.75) is 33.5 Å². The fourth-order valence-corrected chi connectivity index (χ4v) is 3.14. The molecule has 0 aliphatic carbocycles. The molecular formula is C17H29N5Si. The van der Waals surface area contributed by atoms with Crippen molar-refractivity contribution in [3.63, 3.8) is 0 Å². The van der Waals surface area contributed by atoms with Gasteiger partial charge in [-0.3, -0.25) is 4.90 Å². The Balaban J connectivity index is 2.11. The number of nitrogens with zero attached hydrogens (tertiary/aromatic N) is 4. The summed E-state index contributed by atoms with van der Waals surface area (Å²) in [6, 6.07) is 0. The van der Waals surface area contributed by atoms with E-state index in [-0.39, 0.29) is 0 Å². The van der Waals surface area contributed by atoms with Gasteiger partial charge in [0.1, 0.15) is 25.8 Å². The zero-order valence-electron chi connectivity index (χ0n) is 15.1. The van der Waals surface area contributed by atoms with Gasteiger partial charge in [0, 0.05) is 32.7 Å². The van der Waals surface area contributed by atoms with Crippen LogP contribution in [-0.2, 0) is 0 Å². The molecule has 1 saturated heterocycles. The fourth-order valence-electron chi connectivity index (χ4n) is 2.64. The Morgan fingerprint density at radius 1 is 1.17 bits per heavy atom. The second kappa shape index (κ2) is 7.32. The van der Waals surface area contributed by atoms with Gasteiger partial charge in [0.05, 0.1) is 0 Å². The normalized spacial score (nSPS) is 16.3. The lowest BCUT2D eigenvalue weighted by Crippen LogP contribution is -2.48. The van der Waals surface area contributed by atoms with E-state index in [0.717, 1.165) is 38.5 Å². The second-order valence-electron chi connectivity index (χ2n) is 7.64. The van der Waals surface area contributed by atoms with Crippen molar-refractivity contribution in [1.29, 1.82) is 0 Å². The van der Waals surface area contributed by atoms with Crippen LogP contribution in [0.3, 0.4) is 0 Å². The Morgan fingerprint density at radius 3 is 2.39 bits per heavy atom. The number of piperazine rings is 1. The van der Waals surface area contributed by atoms with Gasteiger partial charge in [0.25, 0.3) is 0 Å². The minimum Gasteiger partial charge on any atom is -0.393 e. The number of aromatic nitrogens is 2. The maximum Gasteiger partial charge on any atom is 0.156 e. The van der Waals surface area contributed by atoms with E-state index in [1.807, 2.05) is 0 Å². The number of anilines is 2. The van der Waals surface area contributed by atoms with Crippen molar-refractivity contribution in [2.75, 3.05) is 43.4 Å². The van der Waals surface area contributed by atoms with Gasteiger partial charge in [-0.2, -0.15) is 0 Å². The van der Waals surface area contributed by atoms with Crippen LogP contribution in [0.2, 0.25) is 19.6 Å². The van der Waals surface area contributed by atoms with Crippen LogP contribution in [0.5, 0.6) is 0 Å². The molecule has 23 heavy (non-hydrogen) atoms. The molecule has 1 aromatic heterocycles. The summed E-state index contributed by atoms with van der Waals surface area (Å²) in [7, 11) is -1.44. The van der Waals surface area contributed by atoms with E-state index in [0.29, 0.717) is 17.3 Å². The highest BCUT2D eigenvalue weighted by molar-refractivity contribution is 6.83. The SMILES string of the molecule is CC(C)CN1CCN(c2ncnc(C#C[Si](C)(C)C)c2N)CC1. The van der Waals surface area contributed by atoms with Crippen LogP contribution in [0, 0.1) is 17.4 Å². The van der Waals surface area contributed by atoms with Crippen LogP contribution in [-0.4, -0.2) is 55.7 Å². The molecule has 2 heterocycles. The fraction of sp³-hybridized carbons (Fsp3) is 0.647. The third-order valence-electron chi connectivity index (χ3n) is 3.71. The van der Waals surface area contributed by atoms with Gasteiger partial charge in [-0.05, 0) is 5.92 Å². The monoisotopic (exact) mass is 331 g/mol. The first-order valence-corrected chi connectivity index (χ1v) is 11.9. The van der Waals surface area contributed by atoms with Crippen molar-refractivity contribution < 1.29 is 0 Å². The zero-order chi connectivity index (χ0) is 17.0. The number of hydrogen-bond acceptors (Lipinski definition) is 5. The molecule has 0 bridgehead atoms. The van der Waals surface area contributed by atoms with Crippen LogP contribution in [0.25, 0.3) is 0 Å². The lowest BCUT2D eigenvalue weighted by molar-refractivity contribution is 0.231. The maximum absolute atomic E-state index is 6.29. The highest BCUT2D eigenvalue weighted by atomic mass is 28.3. The topological polar surface area (TPSA) is 58.3 Å². The Hall–Kier alpha value is -1.58. The molecule has 2 N–H and O–H groups in total. The predicted molar refractivity (Wildman–Crippen MR) is 100 cm³/mol. The van der Waals surface area contributed by atoms with Gasteiger partial charge in [0.15, 0.2) is 5.82 Å². The van der Waals surface area contributed by atoms with E-state index in [4.69, 9.17) is 5.73 Å². The quantitative estimate of drug-likeness (QED) is 0.679. The number of rotatable bonds is 3. The van der Waals surface area contributed by atoms with Crippen LogP contribution in [0.15, 0.2) is 6.33 Å². The Labute approximate surface area is 141 Å².